The lowest BCUT2D eigenvalue weighted by Crippen LogP contribution is -2.48. The first-order valence-electron chi connectivity index (χ1n) is 7.79. The first-order valence-corrected chi connectivity index (χ1v) is 8.58. The van der Waals surface area contributed by atoms with Crippen molar-refractivity contribution in [3.8, 4) is 11.5 Å². The third-order valence-electron chi connectivity index (χ3n) is 4.50. The van der Waals surface area contributed by atoms with Crippen LogP contribution in [0.25, 0.3) is 6.08 Å². The fourth-order valence-corrected chi connectivity index (χ4v) is 4.00. The maximum absolute atomic E-state index is 10.5. The van der Waals surface area contributed by atoms with E-state index in [0.717, 1.165) is 47.4 Å². The predicted octanol–water partition coefficient (Wildman–Crippen LogP) is 3.28. The van der Waals surface area contributed by atoms with Crippen LogP contribution in [0.15, 0.2) is 22.3 Å². The Hall–Kier alpha value is -1.20. The van der Waals surface area contributed by atoms with Crippen LogP contribution in [0, 0.1) is 5.92 Å². The second kappa shape index (κ2) is 6.50. The molecule has 3 saturated heterocycles. The van der Waals surface area contributed by atoms with Crippen molar-refractivity contribution in [1.29, 1.82) is 0 Å². The molecule has 0 aromatic heterocycles. The van der Waals surface area contributed by atoms with Gasteiger partial charge < -0.3 is 19.5 Å². The minimum Gasteiger partial charge on any atom is -0.492 e. The molecule has 1 atom stereocenters. The number of aliphatic hydroxyl groups is 1. The summed E-state index contributed by atoms with van der Waals surface area (Å²) in [6, 6.07) is 3.97. The molecule has 0 saturated carbocycles. The fourth-order valence-electron chi connectivity index (χ4n) is 3.38. The van der Waals surface area contributed by atoms with E-state index in [1.54, 1.807) is 7.11 Å². The molecule has 120 valence electrons. The van der Waals surface area contributed by atoms with Crippen molar-refractivity contribution in [3.05, 3.63) is 27.9 Å². The van der Waals surface area contributed by atoms with E-state index >= 15 is 0 Å². The Morgan fingerprint density at radius 3 is 2.68 bits per heavy atom. The summed E-state index contributed by atoms with van der Waals surface area (Å²) in [4.78, 5) is 2.29. The number of halogens is 1. The molecule has 0 amide bonds. The van der Waals surface area contributed by atoms with E-state index in [0.29, 0.717) is 18.3 Å². The molecule has 3 aliphatic rings. The number of hydrogen-bond acceptors (Lipinski definition) is 4. The number of methoxy groups -OCH3 is 1. The Morgan fingerprint density at radius 1 is 1.36 bits per heavy atom. The highest BCUT2D eigenvalue weighted by Crippen LogP contribution is 2.39. The van der Waals surface area contributed by atoms with Crippen molar-refractivity contribution >= 4 is 22.0 Å². The Bertz CT molecular complexity index is 576. The van der Waals surface area contributed by atoms with Gasteiger partial charge in [-0.3, -0.25) is 0 Å². The van der Waals surface area contributed by atoms with E-state index in [1.165, 1.54) is 0 Å². The summed E-state index contributed by atoms with van der Waals surface area (Å²) in [6.07, 6.45) is 3.91. The quantitative estimate of drug-likeness (QED) is 0.886. The number of rotatable bonds is 4. The molecule has 3 aliphatic heterocycles. The van der Waals surface area contributed by atoms with Gasteiger partial charge >= 0.3 is 0 Å². The molecule has 22 heavy (non-hydrogen) atoms. The molecule has 1 N–H and O–H groups in total. The fraction of sp³-hybridized carbons (Fsp3) is 0.529. The van der Waals surface area contributed by atoms with Crippen LogP contribution in [-0.4, -0.2) is 42.9 Å². The van der Waals surface area contributed by atoms with Crippen LogP contribution in [-0.2, 0) is 0 Å². The van der Waals surface area contributed by atoms with Gasteiger partial charge in [0.2, 0.25) is 0 Å². The second-order valence-electron chi connectivity index (χ2n) is 5.81. The molecule has 5 heteroatoms. The van der Waals surface area contributed by atoms with Gasteiger partial charge in [-0.15, -0.1) is 0 Å². The second-order valence-corrected chi connectivity index (χ2v) is 6.66. The highest BCUT2D eigenvalue weighted by Gasteiger charge is 2.36. The van der Waals surface area contributed by atoms with Gasteiger partial charge in [-0.25, -0.2) is 0 Å². The van der Waals surface area contributed by atoms with Crippen molar-refractivity contribution in [3.63, 3.8) is 0 Å². The topological polar surface area (TPSA) is 41.9 Å². The summed E-state index contributed by atoms with van der Waals surface area (Å²) in [5.74, 6) is 1.83. The smallest absolute Gasteiger partial charge is 0.174 e. The summed E-state index contributed by atoms with van der Waals surface area (Å²) >= 11 is 3.54. The summed E-state index contributed by atoms with van der Waals surface area (Å²) < 4.78 is 11.9. The third kappa shape index (κ3) is 2.84. The van der Waals surface area contributed by atoms with Crippen molar-refractivity contribution < 1.29 is 14.6 Å². The van der Waals surface area contributed by atoms with Gasteiger partial charge in [0.15, 0.2) is 11.5 Å². The highest BCUT2D eigenvalue weighted by molar-refractivity contribution is 9.10. The zero-order valence-corrected chi connectivity index (χ0v) is 14.6. The number of aliphatic hydroxyl groups excluding tert-OH is 1. The number of piperidine rings is 3. The number of benzene rings is 1. The molecule has 0 radical (unpaired) electrons. The number of fused-ring (bicyclic) bond motifs is 3. The molecule has 4 nitrogen and oxygen atoms in total. The van der Waals surface area contributed by atoms with Crippen LogP contribution in [0.3, 0.4) is 0 Å². The Labute approximate surface area is 139 Å². The number of ether oxygens (including phenoxy) is 2. The molecule has 4 rings (SSSR count). The van der Waals surface area contributed by atoms with Crippen LogP contribution in [0.1, 0.15) is 25.3 Å². The SMILES string of the molecule is CCOc1cc(/C=C2/[C@@H](O)C3CCN2CC3)cc(Br)c1OC. The summed E-state index contributed by atoms with van der Waals surface area (Å²) in [7, 11) is 1.64. The lowest BCUT2D eigenvalue weighted by molar-refractivity contribution is 0.0215. The normalized spacial score (nSPS) is 25.6. The van der Waals surface area contributed by atoms with Gasteiger partial charge in [-0.05, 0) is 65.4 Å². The first kappa shape index (κ1) is 15.7. The van der Waals surface area contributed by atoms with Crippen molar-refractivity contribution in [2.75, 3.05) is 26.8 Å². The summed E-state index contributed by atoms with van der Waals surface area (Å²) in [5.41, 5.74) is 2.04. The molecule has 0 unspecified atom stereocenters. The van der Waals surface area contributed by atoms with E-state index in [1.807, 2.05) is 19.1 Å². The van der Waals surface area contributed by atoms with Crippen molar-refractivity contribution in [1.82, 2.24) is 4.90 Å². The predicted molar refractivity (Wildman–Crippen MR) is 90.1 cm³/mol. The molecule has 3 heterocycles. The first-order chi connectivity index (χ1) is 10.6. The van der Waals surface area contributed by atoms with Crippen molar-refractivity contribution in [2.24, 2.45) is 5.92 Å². The van der Waals surface area contributed by atoms with Gasteiger partial charge in [0, 0.05) is 18.8 Å². The van der Waals surface area contributed by atoms with Gasteiger partial charge in [0.05, 0.1) is 24.3 Å². The van der Waals surface area contributed by atoms with Gasteiger partial charge in [0.25, 0.3) is 0 Å². The maximum Gasteiger partial charge on any atom is 0.174 e. The lowest BCUT2D eigenvalue weighted by Gasteiger charge is -2.46. The number of hydrogen-bond donors (Lipinski definition) is 1. The third-order valence-corrected chi connectivity index (χ3v) is 5.09. The van der Waals surface area contributed by atoms with E-state index < -0.39 is 0 Å². The maximum atomic E-state index is 10.5. The van der Waals surface area contributed by atoms with Crippen LogP contribution in [0.4, 0.5) is 0 Å². The average Bonchev–Trinajstić information content (AvgIpc) is 2.51. The van der Waals surface area contributed by atoms with Crippen LogP contribution >= 0.6 is 15.9 Å². The largest absolute Gasteiger partial charge is 0.492 e. The van der Waals surface area contributed by atoms with E-state index in [2.05, 4.69) is 26.9 Å². The molecular weight excluding hydrogens is 346 g/mol. The minimum atomic E-state index is -0.348. The molecule has 0 aliphatic carbocycles. The van der Waals surface area contributed by atoms with Gasteiger partial charge in [-0.2, -0.15) is 0 Å². The van der Waals surface area contributed by atoms with Crippen molar-refractivity contribution in [2.45, 2.75) is 25.9 Å². The molecular formula is C17H22BrNO3. The molecule has 1 aromatic rings. The molecule has 2 bridgehead atoms. The van der Waals surface area contributed by atoms with Crippen LogP contribution in [0.5, 0.6) is 11.5 Å². The van der Waals surface area contributed by atoms with Gasteiger partial charge in [0.1, 0.15) is 0 Å². The summed E-state index contributed by atoms with van der Waals surface area (Å²) in [5, 5.41) is 10.5. The molecule has 1 aromatic carbocycles. The average molecular weight is 368 g/mol. The highest BCUT2D eigenvalue weighted by atomic mass is 79.9. The Balaban J connectivity index is 1.96. The van der Waals surface area contributed by atoms with E-state index in [9.17, 15) is 5.11 Å². The molecule has 0 spiro atoms. The van der Waals surface area contributed by atoms with E-state index in [-0.39, 0.29) is 6.10 Å². The zero-order valence-electron chi connectivity index (χ0n) is 13.0. The Morgan fingerprint density at radius 2 is 2.09 bits per heavy atom. The van der Waals surface area contributed by atoms with E-state index in [4.69, 9.17) is 9.47 Å². The Kier molecular flexibility index (Phi) is 4.64. The van der Waals surface area contributed by atoms with Gasteiger partial charge in [-0.1, -0.05) is 0 Å². The number of nitrogens with zero attached hydrogens (tertiary/aromatic N) is 1. The van der Waals surface area contributed by atoms with Crippen LogP contribution < -0.4 is 9.47 Å². The molecule has 3 fully saturated rings. The monoisotopic (exact) mass is 367 g/mol. The minimum absolute atomic E-state index is 0.348. The zero-order chi connectivity index (χ0) is 15.7. The summed E-state index contributed by atoms with van der Waals surface area (Å²) in [6.45, 7) is 4.63. The standard InChI is InChI=1S/C17H22BrNO3/c1-3-22-15-10-11(8-13(18)17(15)21-2)9-14-16(20)12-4-6-19(14)7-5-12/h8-10,12,16,20H,3-7H2,1-2H3/b14-9-/t16-/m0/s1. The van der Waals surface area contributed by atoms with Crippen LogP contribution in [0.2, 0.25) is 0 Å². The lowest BCUT2D eigenvalue weighted by atomic mass is 9.83.